The smallest absolute Gasteiger partial charge is 0.175 e. The highest BCUT2D eigenvalue weighted by Gasteiger charge is 2.20. The molecule has 3 N–H and O–H groups in total. The summed E-state index contributed by atoms with van der Waals surface area (Å²) in [5.74, 6) is 1.59. The number of ether oxygens (including phenoxy) is 1. The molecule has 1 heterocycles. The van der Waals surface area contributed by atoms with Crippen molar-refractivity contribution in [3.63, 3.8) is 0 Å². The molecular formula is C21H31IN6OS. The zero-order valence-corrected chi connectivity index (χ0v) is 21.4. The second-order valence-electron chi connectivity index (χ2n) is 8.04. The maximum absolute atomic E-state index is 8.20. The van der Waals surface area contributed by atoms with E-state index in [1.54, 1.807) is 39.2 Å². The molecule has 2 rings (SSSR count). The number of aromatic nitrogens is 2. The Kier molecular flexibility index (Phi) is 9.17. The van der Waals surface area contributed by atoms with Crippen molar-refractivity contribution in [3.05, 3.63) is 27.5 Å². The normalized spacial score (nSPS) is 11.8. The van der Waals surface area contributed by atoms with Crippen LogP contribution >= 0.6 is 34.4 Å². The quantitative estimate of drug-likeness (QED) is 0.175. The minimum atomic E-state index is 0.218. The van der Waals surface area contributed by atoms with Gasteiger partial charge in [-0.05, 0) is 53.1 Å². The highest BCUT2D eigenvalue weighted by atomic mass is 127. The van der Waals surface area contributed by atoms with Gasteiger partial charge in [-0.1, -0.05) is 32.5 Å². The molecule has 9 heteroatoms. The molecular weight excluding hydrogens is 511 g/mol. The number of rotatable bonds is 10. The first kappa shape index (κ1) is 24.7. The van der Waals surface area contributed by atoms with Crippen molar-refractivity contribution >= 4 is 52.2 Å². The predicted molar refractivity (Wildman–Crippen MR) is 135 cm³/mol. The molecule has 0 atom stereocenters. The summed E-state index contributed by atoms with van der Waals surface area (Å²) in [6, 6.07) is 6.00. The lowest BCUT2D eigenvalue weighted by Crippen LogP contribution is -2.30. The Balaban J connectivity index is 2.40. The Labute approximate surface area is 197 Å². The van der Waals surface area contributed by atoms with Crippen LogP contribution in [0, 0.1) is 14.4 Å². The summed E-state index contributed by atoms with van der Waals surface area (Å²) in [7, 11) is 3.38. The second-order valence-corrected chi connectivity index (χ2v) is 10.2. The van der Waals surface area contributed by atoms with E-state index in [4.69, 9.17) is 15.1 Å². The molecule has 0 unspecified atom stereocenters. The number of benzene rings is 1. The molecule has 1 aromatic carbocycles. The Bertz CT molecular complexity index is 904. The number of aliphatic imine (C=N–C) groups is 1. The van der Waals surface area contributed by atoms with Crippen molar-refractivity contribution in [1.29, 1.82) is 5.41 Å². The van der Waals surface area contributed by atoms with Crippen LogP contribution in [-0.4, -0.2) is 48.8 Å². The average molecular weight is 542 g/mol. The third-order valence-corrected chi connectivity index (χ3v) is 6.48. The molecule has 0 bridgehead atoms. The van der Waals surface area contributed by atoms with E-state index < -0.39 is 0 Å². The van der Waals surface area contributed by atoms with Crippen LogP contribution in [0.5, 0.6) is 5.75 Å². The first-order valence-corrected chi connectivity index (χ1v) is 11.6. The topological polar surface area (TPSA) is 87.3 Å². The average Bonchev–Trinajstić information content (AvgIpc) is 3.02. The van der Waals surface area contributed by atoms with Gasteiger partial charge in [-0.2, -0.15) is 0 Å². The lowest BCUT2D eigenvalue weighted by Gasteiger charge is -2.19. The summed E-state index contributed by atoms with van der Waals surface area (Å²) in [6.45, 7) is 10.8. The fraction of sp³-hybridized carbons (Fsp3) is 0.476. The lowest BCUT2D eigenvalue weighted by molar-refractivity contribution is 0.374. The Morgan fingerprint density at radius 2 is 2.13 bits per heavy atom. The van der Waals surface area contributed by atoms with Gasteiger partial charge in [0.05, 0.1) is 19.2 Å². The van der Waals surface area contributed by atoms with E-state index in [-0.39, 0.29) is 5.41 Å². The summed E-state index contributed by atoms with van der Waals surface area (Å²) < 4.78 is 8.63. The monoisotopic (exact) mass is 542 g/mol. The van der Waals surface area contributed by atoms with E-state index >= 15 is 0 Å². The van der Waals surface area contributed by atoms with Crippen LogP contribution in [0.4, 0.5) is 5.82 Å². The molecule has 30 heavy (non-hydrogen) atoms. The standard InChI is InChI=1S/C21H31IN6OS/c1-14(23)18-19(26-13-24-5)28(10-9-25-12-21(2,3)4)20(27-18)30-17-11-15(29-6)7-8-16(17)22/h7-8,11,13,23,25H,9-10,12H2,1-6H3,(H,24,26). The maximum atomic E-state index is 8.20. The van der Waals surface area contributed by atoms with Gasteiger partial charge in [0.15, 0.2) is 5.16 Å². The molecule has 0 saturated heterocycles. The van der Waals surface area contributed by atoms with Gasteiger partial charge in [0.2, 0.25) is 0 Å². The van der Waals surface area contributed by atoms with E-state index in [0.717, 1.165) is 44.8 Å². The zero-order chi connectivity index (χ0) is 22.3. The van der Waals surface area contributed by atoms with Crippen LogP contribution in [0.3, 0.4) is 0 Å². The molecule has 0 fully saturated rings. The molecule has 0 aliphatic heterocycles. The van der Waals surface area contributed by atoms with E-state index in [0.29, 0.717) is 11.4 Å². The van der Waals surface area contributed by atoms with Crippen molar-refractivity contribution in [1.82, 2.24) is 14.9 Å². The van der Waals surface area contributed by atoms with Crippen molar-refractivity contribution in [2.45, 2.75) is 44.3 Å². The molecule has 0 amide bonds. The summed E-state index contributed by atoms with van der Waals surface area (Å²) >= 11 is 3.90. The number of nitrogens with zero attached hydrogens (tertiary/aromatic N) is 3. The number of halogens is 1. The largest absolute Gasteiger partial charge is 0.497 e. The number of nitrogens with one attached hydrogen (secondary N) is 3. The molecule has 0 aliphatic rings. The molecule has 164 valence electrons. The molecule has 0 saturated carbocycles. The molecule has 0 spiro atoms. The van der Waals surface area contributed by atoms with Crippen LogP contribution < -0.4 is 15.4 Å². The minimum absolute atomic E-state index is 0.218. The van der Waals surface area contributed by atoms with Gasteiger partial charge in [0, 0.05) is 35.1 Å². The predicted octanol–water partition coefficient (Wildman–Crippen LogP) is 4.74. The minimum Gasteiger partial charge on any atom is -0.497 e. The number of imidazole rings is 1. The van der Waals surface area contributed by atoms with Gasteiger partial charge in [0.1, 0.15) is 17.3 Å². The van der Waals surface area contributed by atoms with Gasteiger partial charge in [-0.25, -0.2) is 4.98 Å². The van der Waals surface area contributed by atoms with Crippen molar-refractivity contribution in [2.24, 2.45) is 10.4 Å². The van der Waals surface area contributed by atoms with Crippen LogP contribution in [0.1, 0.15) is 33.4 Å². The number of hydrogen-bond acceptors (Lipinski definition) is 6. The highest BCUT2D eigenvalue weighted by molar-refractivity contribution is 14.1. The second kappa shape index (κ2) is 11.1. The summed E-state index contributed by atoms with van der Waals surface area (Å²) in [5.41, 5.74) is 1.26. The fourth-order valence-corrected chi connectivity index (χ4v) is 4.33. The van der Waals surface area contributed by atoms with E-state index in [2.05, 4.69) is 63.6 Å². The summed E-state index contributed by atoms with van der Waals surface area (Å²) in [4.78, 5) is 9.89. The number of anilines is 1. The lowest BCUT2D eigenvalue weighted by atomic mass is 9.97. The van der Waals surface area contributed by atoms with Gasteiger partial charge in [-0.3, -0.25) is 4.99 Å². The molecule has 2 aromatic rings. The Hall–Kier alpha value is -1.59. The van der Waals surface area contributed by atoms with Gasteiger partial charge in [0.25, 0.3) is 0 Å². The Morgan fingerprint density at radius 1 is 1.40 bits per heavy atom. The Morgan fingerprint density at radius 3 is 2.73 bits per heavy atom. The van der Waals surface area contributed by atoms with Crippen LogP contribution in [0.25, 0.3) is 0 Å². The first-order valence-electron chi connectivity index (χ1n) is 9.71. The fourth-order valence-electron chi connectivity index (χ4n) is 2.69. The van der Waals surface area contributed by atoms with Crippen LogP contribution in [0.2, 0.25) is 0 Å². The molecule has 7 nitrogen and oxygen atoms in total. The molecule has 0 aliphatic carbocycles. The van der Waals surface area contributed by atoms with Crippen molar-refractivity contribution in [3.8, 4) is 5.75 Å². The third-order valence-electron chi connectivity index (χ3n) is 4.13. The molecule has 0 radical (unpaired) electrons. The first-order chi connectivity index (χ1) is 14.2. The summed E-state index contributed by atoms with van der Waals surface area (Å²) in [5, 5.41) is 15.8. The van der Waals surface area contributed by atoms with Crippen molar-refractivity contribution < 1.29 is 4.74 Å². The van der Waals surface area contributed by atoms with E-state index in [1.807, 2.05) is 18.2 Å². The van der Waals surface area contributed by atoms with Gasteiger partial charge in [-0.15, -0.1) is 0 Å². The van der Waals surface area contributed by atoms with E-state index in [9.17, 15) is 0 Å². The van der Waals surface area contributed by atoms with Crippen molar-refractivity contribution in [2.75, 3.05) is 32.6 Å². The third kappa shape index (κ3) is 6.98. The number of methoxy groups -OCH3 is 1. The highest BCUT2D eigenvalue weighted by Crippen LogP contribution is 2.35. The summed E-state index contributed by atoms with van der Waals surface area (Å²) in [6.07, 6.45) is 1.63. The molecule has 1 aromatic heterocycles. The van der Waals surface area contributed by atoms with Gasteiger partial charge >= 0.3 is 0 Å². The van der Waals surface area contributed by atoms with E-state index in [1.165, 1.54) is 0 Å². The van der Waals surface area contributed by atoms with Gasteiger partial charge < -0.3 is 25.3 Å². The number of hydrogen-bond donors (Lipinski definition) is 3. The maximum Gasteiger partial charge on any atom is 0.175 e. The zero-order valence-electron chi connectivity index (χ0n) is 18.5. The van der Waals surface area contributed by atoms with Crippen LogP contribution in [0.15, 0.2) is 33.2 Å². The SMILES string of the molecule is CN=CNc1c(C(C)=N)nc(Sc2cc(OC)ccc2I)n1CCNCC(C)(C)C. The van der Waals surface area contributed by atoms with Crippen LogP contribution in [-0.2, 0) is 6.54 Å².